The second-order valence-electron chi connectivity index (χ2n) is 3.44. The molecule has 2 aromatic heterocycles. The molecule has 2 heterocycles. The van der Waals surface area contributed by atoms with Gasteiger partial charge in [-0.2, -0.15) is 0 Å². The number of nitrogens with zero attached hydrogens (tertiary/aromatic N) is 2. The molecule has 2 aromatic rings. The molecule has 0 saturated heterocycles. The molecular weight excluding hydrogens is 192 g/mol. The topological polar surface area (TPSA) is 44.1 Å². The van der Waals surface area contributed by atoms with E-state index in [1.807, 2.05) is 6.92 Å². The van der Waals surface area contributed by atoms with E-state index in [4.69, 9.17) is 4.74 Å². The van der Waals surface area contributed by atoms with Crippen molar-refractivity contribution in [3.63, 3.8) is 0 Å². The molecule has 0 atom stereocenters. The molecule has 0 saturated carbocycles. The number of fused-ring (bicyclic) bond motifs is 1. The first-order valence-electron chi connectivity index (χ1n) is 4.65. The number of methoxy groups -OCH3 is 1. The van der Waals surface area contributed by atoms with Gasteiger partial charge in [0.25, 0.3) is 0 Å². The van der Waals surface area contributed by atoms with Gasteiger partial charge in [-0.15, -0.1) is 0 Å². The van der Waals surface area contributed by atoms with Crippen molar-refractivity contribution in [2.75, 3.05) is 7.11 Å². The highest BCUT2D eigenvalue weighted by molar-refractivity contribution is 5.96. The van der Waals surface area contributed by atoms with Crippen LogP contribution < -0.4 is 4.74 Å². The summed E-state index contributed by atoms with van der Waals surface area (Å²) < 4.78 is 6.80. The molecule has 0 aliphatic rings. The molecule has 4 heteroatoms. The summed E-state index contributed by atoms with van der Waals surface area (Å²) in [7, 11) is 1.60. The summed E-state index contributed by atoms with van der Waals surface area (Å²) in [6.07, 6.45) is 5.13. The predicted octanol–water partition coefficient (Wildman–Crippen LogP) is 2.01. The van der Waals surface area contributed by atoms with Gasteiger partial charge in [-0.25, -0.2) is 0 Å². The van der Waals surface area contributed by atoms with Crippen LogP contribution in [0.15, 0.2) is 18.6 Å². The Hall–Kier alpha value is -1.84. The van der Waals surface area contributed by atoms with Crippen molar-refractivity contribution < 1.29 is 9.53 Å². The fourth-order valence-electron chi connectivity index (χ4n) is 1.75. The van der Waals surface area contributed by atoms with E-state index in [2.05, 4.69) is 4.98 Å². The first kappa shape index (κ1) is 9.71. The number of carbonyl (C=O) groups is 1. The smallest absolute Gasteiger partial charge is 0.228 e. The highest BCUT2D eigenvalue weighted by atomic mass is 16.5. The van der Waals surface area contributed by atoms with E-state index in [-0.39, 0.29) is 5.91 Å². The van der Waals surface area contributed by atoms with Crippen LogP contribution in [0.5, 0.6) is 5.75 Å². The van der Waals surface area contributed by atoms with Crippen molar-refractivity contribution in [2.45, 2.75) is 13.8 Å². The van der Waals surface area contributed by atoms with E-state index in [1.165, 1.54) is 6.92 Å². The Bertz CT molecular complexity index is 529. The molecular formula is C11H12N2O2. The Morgan fingerprint density at radius 3 is 2.80 bits per heavy atom. The van der Waals surface area contributed by atoms with Crippen molar-refractivity contribution in [2.24, 2.45) is 0 Å². The van der Waals surface area contributed by atoms with E-state index in [0.717, 1.165) is 16.5 Å². The van der Waals surface area contributed by atoms with Gasteiger partial charge in [0.2, 0.25) is 5.91 Å². The van der Waals surface area contributed by atoms with Gasteiger partial charge in [0.1, 0.15) is 5.75 Å². The third kappa shape index (κ3) is 1.38. The molecule has 0 aliphatic carbocycles. The first-order valence-corrected chi connectivity index (χ1v) is 4.65. The summed E-state index contributed by atoms with van der Waals surface area (Å²) in [5, 5.41) is 0.947. The fourth-order valence-corrected chi connectivity index (χ4v) is 1.75. The molecule has 0 unspecified atom stereocenters. The van der Waals surface area contributed by atoms with E-state index < -0.39 is 0 Å². The van der Waals surface area contributed by atoms with Gasteiger partial charge in [-0.1, -0.05) is 0 Å². The third-order valence-electron chi connectivity index (χ3n) is 2.43. The lowest BCUT2D eigenvalue weighted by Crippen LogP contribution is -2.03. The second kappa shape index (κ2) is 3.38. The Labute approximate surface area is 87.5 Å². The Kier molecular flexibility index (Phi) is 2.19. The maximum absolute atomic E-state index is 11.4. The molecule has 0 radical (unpaired) electrons. The lowest BCUT2D eigenvalue weighted by Gasteiger charge is -2.02. The van der Waals surface area contributed by atoms with Gasteiger partial charge in [-0.05, 0) is 12.5 Å². The van der Waals surface area contributed by atoms with Crippen LogP contribution >= 0.6 is 0 Å². The van der Waals surface area contributed by atoms with E-state index in [9.17, 15) is 4.79 Å². The zero-order valence-electron chi connectivity index (χ0n) is 8.94. The van der Waals surface area contributed by atoms with Crippen LogP contribution in [-0.2, 0) is 0 Å². The number of pyridine rings is 1. The molecule has 2 rings (SSSR count). The number of aryl methyl sites for hydroxylation is 1. The van der Waals surface area contributed by atoms with Crippen molar-refractivity contribution >= 4 is 16.8 Å². The largest absolute Gasteiger partial charge is 0.494 e. The summed E-state index contributed by atoms with van der Waals surface area (Å²) in [5.41, 5.74) is 1.80. The minimum absolute atomic E-state index is 0.0249. The zero-order valence-corrected chi connectivity index (χ0v) is 8.94. The van der Waals surface area contributed by atoms with E-state index in [0.29, 0.717) is 5.75 Å². The molecule has 78 valence electrons. The average molecular weight is 204 g/mol. The zero-order chi connectivity index (χ0) is 11.0. The van der Waals surface area contributed by atoms with Crippen LogP contribution in [0.4, 0.5) is 0 Å². The number of hydrogen-bond acceptors (Lipinski definition) is 3. The minimum Gasteiger partial charge on any atom is -0.494 e. The number of aromatic nitrogens is 2. The van der Waals surface area contributed by atoms with Crippen LogP contribution in [0.1, 0.15) is 17.3 Å². The van der Waals surface area contributed by atoms with Crippen molar-refractivity contribution in [1.29, 1.82) is 0 Å². The van der Waals surface area contributed by atoms with E-state index in [1.54, 1.807) is 30.3 Å². The normalized spacial score (nSPS) is 10.6. The van der Waals surface area contributed by atoms with Crippen LogP contribution in [0.3, 0.4) is 0 Å². The summed E-state index contributed by atoms with van der Waals surface area (Å²) in [6, 6.07) is 0. The monoisotopic (exact) mass is 204 g/mol. The molecule has 0 spiro atoms. The van der Waals surface area contributed by atoms with Gasteiger partial charge < -0.3 is 4.74 Å². The molecule has 0 amide bonds. The van der Waals surface area contributed by atoms with Gasteiger partial charge in [0.05, 0.1) is 25.0 Å². The van der Waals surface area contributed by atoms with Crippen LogP contribution in [0.25, 0.3) is 10.9 Å². The number of carbonyl (C=O) groups excluding carboxylic acids is 1. The molecule has 0 aliphatic heterocycles. The summed E-state index contributed by atoms with van der Waals surface area (Å²) in [5.74, 6) is 0.674. The maximum Gasteiger partial charge on any atom is 0.228 e. The predicted molar refractivity (Wildman–Crippen MR) is 57.3 cm³/mol. The molecule has 0 fully saturated rings. The maximum atomic E-state index is 11.4. The highest BCUT2D eigenvalue weighted by Gasteiger charge is 2.12. The Balaban J connectivity index is 2.85. The van der Waals surface area contributed by atoms with Gasteiger partial charge >= 0.3 is 0 Å². The van der Waals surface area contributed by atoms with Gasteiger partial charge in [0.15, 0.2) is 0 Å². The quantitative estimate of drug-likeness (QED) is 0.713. The van der Waals surface area contributed by atoms with Crippen LogP contribution in [0.2, 0.25) is 0 Å². The standard InChI is InChI=1S/C11H12N2O2/c1-7-6-13(8(2)14)9-4-12-5-10(15-3)11(7)9/h4-6H,1-3H3. The molecule has 15 heavy (non-hydrogen) atoms. The highest BCUT2D eigenvalue weighted by Crippen LogP contribution is 2.28. The molecule has 4 nitrogen and oxygen atoms in total. The number of ether oxygens (including phenoxy) is 1. The average Bonchev–Trinajstić information content (AvgIpc) is 2.56. The fraction of sp³-hybridized carbons (Fsp3) is 0.273. The summed E-state index contributed by atoms with van der Waals surface area (Å²) >= 11 is 0. The van der Waals surface area contributed by atoms with Gasteiger partial charge in [-0.3, -0.25) is 14.3 Å². The first-order chi connectivity index (χ1) is 7.15. The van der Waals surface area contributed by atoms with Crippen LogP contribution in [-0.4, -0.2) is 22.6 Å². The third-order valence-corrected chi connectivity index (χ3v) is 2.43. The minimum atomic E-state index is -0.0249. The Morgan fingerprint density at radius 1 is 1.47 bits per heavy atom. The van der Waals surface area contributed by atoms with Crippen molar-refractivity contribution in [3.8, 4) is 5.75 Å². The van der Waals surface area contributed by atoms with Crippen molar-refractivity contribution in [3.05, 3.63) is 24.2 Å². The van der Waals surface area contributed by atoms with E-state index >= 15 is 0 Å². The van der Waals surface area contributed by atoms with Crippen molar-refractivity contribution in [1.82, 2.24) is 9.55 Å². The Morgan fingerprint density at radius 2 is 2.20 bits per heavy atom. The summed E-state index contributed by atoms with van der Waals surface area (Å²) in [6.45, 7) is 3.47. The number of rotatable bonds is 1. The second-order valence-corrected chi connectivity index (χ2v) is 3.44. The SMILES string of the molecule is COc1cncc2c1c(C)cn2C(C)=O. The number of hydrogen-bond donors (Lipinski definition) is 0. The van der Waals surface area contributed by atoms with Gasteiger partial charge in [0, 0.05) is 18.5 Å². The molecule has 0 bridgehead atoms. The van der Waals surface area contributed by atoms with Crippen LogP contribution in [0, 0.1) is 6.92 Å². The molecule has 0 aromatic carbocycles. The summed E-state index contributed by atoms with van der Waals surface area (Å²) in [4.78, 5) is 15.4. The lowest BCUT2D eigenvalue weighted by atomic mass is 10.2. The lowest BCUT2D eigenvalue weighted by molar-refractivity contribution is 0.0941. The molecule has 0 N–H and O–H groups in total.